The first kappa shape index (κ1) is 15.2. The molecule has 1 heterocycles. The number of nitrogens with one attached hydrogen (secondary N) is 1. The van der Waals surface area contributed by atoms with Crippen molar-refractivity contribution >= 4 is 5.69 Å². The quantitative estimate of drug-likeness (QED) is 0.834. The zero-order valence-corrected chi connectivity index (χ0v) is 11.9. The van der Waals surface area contributed by atoms with Crippen LogP contribution in [0.2, 0.25) is 0 Å². The maximum absolute atomic E-state index is 13.1. The average molecular weight is 286 g/mol. The van der Waals surface area contributed by atoms with Crippen molar-refractivity contribution in [3.8, 4) is 0 Å². The highest BCUT2D eigenvalue weighted by atomic mass is 19.4. The van der Waals surface area contributed by atoms with E-state index in [0.29, 0.717) is 12.0 Å². The van der Waals surface area contributed by atoms with Gasteiger partial charge in [0.05, 0.1) is 5.56 Å². The molecule has 0 aliphatic carbocycles. The molecule has 1 aliphatic rings. The minimum atomic E-state index is -4.26. The Morgan fingerprint density at radius 1 is 1.35 bits per heavy atom. The standard InChI is InChI=1S/C15H21F3N2/c1-3-20-11(6-5-9-19-2)10-12-13(15(16,17)18)7-4-8-14(12)20/h4,7-8,11,19H,3,5-6,9-10H2,1-2H3. The van der Waals surface area contributed by atoms with Crippen molar-refractivity contribution in [2.75, 3.05) is 25.0 Å². The van der Waals surface area contributed by atoms with Gasteiger partial charge >= 0.3 is 6.18 Å². The Labute approximate surface area is 118 Å². The number of alkyl halides is 3. The SMILES string of the molecule is CCN1c2cccc(C(F)(F)F)c2CC1CCCNC. The Balaban J connectivity index is 2.25. The summed E-state index contributed by atoms with van der Waals surface area (Å²) in [5, 5.41) is 3.08. The zero-order chi connectivity index (χ0) is 14.8. The number of nitrogens with zero attached hydrogens (tertiary/aromatic N) is 1. The molecule has 0 spiro atoms. The molecule has 1 aliphatic heterocycles. The van der Waals surface area contributed by atoms with Gasteiger partial charge in [-0.3, -0.25) is 0 Å². The van der Waals surface area contributed by atoms with Crippen LogP contribution < -0.4 is 10.2 Å². The summed E-state index contributed by atoms with van der Waals surface area (Å²) in [5.41, 5.74) is 0.762. The number of rotatable bonds is 5. The van der Waals surface area contributed by atoms with Gasteiger partial charge in [0, 0.05) is 18.3 Å². The van der Waals surface area contributed by atoms with Crippen LogP contribution in [0.25, 0.3) is 0 Å². The summed E-state index contributed by atoms with van der Waals surface area (Å²) < 4.78 is 39.2. The van der Waals surface area contributed by atoms with Crippen molar-refractivity contribution in [3.63, 3.8) is 0 Å². The maximum Gasteiger partial charge on any atom is 0.416 e. The molecule has 2 rings (SSSR count). The third kappa shape index (κ3) is 2.92. The highest BCUT2D eigenvalue weighted by Gasteiger charge is 2.38. The third-order valence-electron chi connectivity index (χ3n) is 3.95. The van der Waals surface area contributed by atoms with E-state index in [1.54, 1.807) is 0 Å². The fourth-order valence-electron chi connectivity index (χ4n) is 3.07. The molecule has 2 nitrogen and oxygen atoms in total. The molecule has 0 saturated heterocycles. The van der Waals surface area contributed by atoms with Gasteiger partial charge in [-0.15, -0.1) is 0 Å². The first-order chi connectivity index (χ1) is 9.49. The van der Waals surface area contributed by atoms with Crippen molar-refractivity contribution in [2.45, 2.75) is 38.4 Å². The van der Waals surface area contributed by atoms with E-state index in [-0.39, 0.29) is 6.04 Å². The summed E-state index contributed by atoms with van der Waals surface area (Å²) in [6, 6.07) is 4.71. The first-order valence-corrected chi connectivity index (χ1v) is 7.09. The van der Waals surface area contributed by atoms with E-state index in [0.717, 1.165) is 31.6 Å². The first-order valence-electron chi connectivity index (χ1n) is 7.09. The molecule has 20 heavy (non-hydrogen) atoms. The largest absolute Gasteiger partial charge is 0.416 e. The van der Waals surface area contributed by atoms with Gasteiger partial charge in [-0.2, -0.15) is 13.2 Å². The van der Waals surface area contributed by atoms with Crippen molar-refractivity contribution < 1.29 is 13.2 Å². The monoisotopic (exact) mass is 286 g/mol. The van der Waals surface area contributed by atoms with E-state index in [1.165, 1.54) is 12.1 Å². The molecule has 0 aromatic heterocycles. The van der Waals surface area contributed by atoms with Crippen molar-refractivity contribution in [1.82, 2.24) is 5.32 Å². The molecule has 0 amide bonds. The van der Waals surface area contributed by atoms with Gasteiger partial charge in [0.2, 0.25) is 0 Å². The molecular weight excluding hydrogens is 265 g/mol. The summed E-state index contributed by atoms with van der Waals surface area (Å²) >= 11 is 0. The van der Waals surface area contributed by atoms with Crippen LogP contribution in [0.15, 0.2) is 18.2 Å². The zero-order valence-electron chi connectivity index (χ0n) is 11.9. The molecule has 112 valence electrons. The van der Waals surface area contributed by atoms with Gasteiger partial charge in [0.1, 0.15) is 0 Å². The number of anilines is 1. The molecule has 1 aromatic carbocycles. The number of likely N-dealkylation sites (N-methyl/N-ethyl adjacent to an activating group) is 1. The van der Waals surface area contributed by atoms with E-state index in [2.05, 4.69) is 10.2 Å². The second-order valence-electron chi connectivity index (χ2n) is 5.19. The topological polar surface area (TPSA) is 15.3 Å². The number of hydrogen-bond donors (Lipinski definition) is 1. The smallest absolute Gasteiger partial charge is 0.368 e. The predicted molar refractivity (Wildman–Crippen MR) is 75.1 cm³/mol. The van der Waals surface area contributed by atoms with Gasteiger partial charge in [-0.05, 0) is 57.5 Å². The Morgan fingerprint density at radius 2 is 2.10 bits per heavy atom. The predicted octanol–water partition coefficient (Wildman–Crippen LogP) is 3.46. The highest BCUT2D eigenvalue weighted by molar-refractivity contribution is 5.62. The van der Waals surface area contributed by atoms with Crippen LogP contribution in [0.3, 0.4) is 0 Å². The van der Waals surface area contributed by atoms with E-state index in [1.807, 2.05) is 20.0 Å². The third-order valence-corrected chi connectivity index (χ3v) is 3.95. The summed E-state index contributed by atoms with van der Waals surface area (Å²) in [7, 11) is 1.89. The van der Waals surface area contributed by atoms with Gasteiger partial charge in [0.25, 0.3) is 0 Å². The fourth-order valence-corrected chi connectivity index (χ4v) is 3.07. The minimum Gasteiger partial charge on any atom is -0.368 e. The summed E-state index contributed by atoms with van der Waals surface area (Å²) in [6.07, 6.45) is -1.86. The van der Waals surface area contributed by atoms with Crippen molar-refractivity contribution in [2.24, 2.45) is 0 Å². The molecule has 5 heteroatoms. The Hall–Kier alpha value is -1.23. The number of fused-ring (bicyclic) bond motifs is 1. The summed E-state index contributed by atoms with van der Waals surface area (Å²) in [4.78, 5) is 2.11. The van der Waals surface area contributed by atoms with Gasteiger partial charge in [-0.1, -0.05) is 6.07 Å². The van der Waals surface area contributed by atoms with Crippen LogP contribution in [0, 0.1) is 0 Å². The van der Waals surface area contributed by atoms with Crippen LogP contribution in [0.5, 0.6) is 0 Å². The van der Waals surface area contributed by atoms with E-state index < -0.39 is 11.7 Å². The van der Waals surface area contributed by atoms with Crippen LogP contribution in [-0.2, 0) is 12.6 Å². The molecule has 1 aromatic rings. The average Bonchev–Trinajstić information content (AvgIpc) is 2.75. The van der Waals surface area contributed by atoms with Crippen LogP contribution >= 0.6 is 0 Å². The normalized spacial score (nSPS) is 18.4. The fraction of sp³-hybridized carbons (Fsp3) is 0.600. The highest BCUT2D eigenvalue weighted by Crippen LogP contribution is 2.42. The van der Waals surface area contributed by atoms with Gasteiger partial charge < -0.3 is 10.2 Å². The lowest BCUT2D eigenvalue weighted by Crippen LogP contribution is -2.32. The number of benzene rings is 1. The van der Waals surface area contributed by atoms with Crippen molar-refractivity contribution in [3.05, 3.63) is 29.3 Å². The lowest BCUT2D eigenvalue weighted by Gasteiger charge is -2.26. The number of halogens is 3. The molecule has 1 atom stereocenters. The Bertz CT molecular complexity index is 457. The lowest BCUT2D eigenvalue weighted by molar-refractivity contribution is -0.138. The molecule has 0 fully saturated rings. The summed E-state index contributed by atoms with van der Waals surface area (Å²) in [5.74, 6) is 0. The molecule has 0 saturated carbocycles. The van der Waals surface area contributed by atoms with E-state index >= 15 is 0 Å². The maximum atomic E-state index is 13.1. The molecular formula is C15H21F3N2. The molecule has 1 N–H and O–H groups in total. The van der Waals surface area contributed by atoms with Crippen LogP contribution in [-0.4, -0.2) is 26.2 Å². The number of hydrogen-bond acceptors (Lipinski definition) is 2. The molecule has 0 bridgehead atoms. The summed E-state index contributed by atoms with van der Waals surface area (Å²) in [6.45, 7) is 3.65. The lowest BCUT2D eigenvalue weighted by atomic mass is 10.0. The van der Waals surface area contributed by atoms with Gasteiger partial charge in [0.15, 0.2) is 0 Å². The van der Waals surface area contributed by atoms with Gasteiger partial charge in [-0.25, -0.2) is 0 Å². The Morgan fingerprint density at radius 3 is 2.70 bits per heavy atom. The van der Waals surface area contributed by atoms with E-state index in [4.69, 9.17) is 0 Å². The van der Waals surface area contributed by atoms with Crippen LogP contribution in [0.4, 0.5) is 18.9 Å². The van der Waals surface area contributed by atoms with E-state index in [9.17, 15) is 13.2 Å². The second-order valence-corrected chi connectivity index (χ2v) is 5.19. The molecule has 1 unspecified atom stereocenters. The minimum absolute atomic E-state index is 0.187. The van der Waals surface area contributed by atoms with Crippen LogP contribution in [0.1, 0.15) is 30.9 Å². The Kier molecular flexibility index (Phi) is 4.58. The van der Waals surface area contributed by atoms with Crippen molar-refractivity contribution in [1.29, 1.82) is 0 Å². The second kappa shape index (κ2) is 6.04. The molecule has 0 radical (unpaired) electrons.